The van der Waals surface area contributed by atoms with Gasteiger partial charge in [0.2, 0.25) is 0 Å². The van der Waals surface area contributed by atoms with E-state index in [1.165, 1.54) is 33.4 Å². The molecule has 0 saturated carbocycles. The summed E-state index contributed by atoms with van der Waals surface area (Å²) in [5, 5.41) is 1.99. The van der Waals surface area contributed by atoms with Crippen molar-refractivity contribution in [1.29, 1.82) is 0 Å². The van der Waals surface area contributed by atoms with Crippen molar-refractivity contribution in [2.45, 2.75) is 32.1 Å². The van der Waals surface area contributed by atoms with E-state index in [0.29, 0.717) is 23.4 Å². The topological polar surface area (TPSA) is 62.8 Å². The van der Waals surface area contributed by atoms with Crippen LogP contribution in [0.5, 0.6) is 34.9 Å². The number of para-hydroxylation sites is 5. The summed E-state index contributed by atoms with van der Waals surface area (Å²) in [6.45, 7) is 6.57. The largest absolute Gasteiger partial charge is 0.458 e. The average Bonchev–Trinajstić information content (AvgIpc) is 4.16. The molecule has 0 N–H and O–H groups in total. The van der Waals surface area contributed by atoms with E-state index in [2.05, 4.69) is 218 Å². The van der Waals surface area contributed by atoms with E-state index in [9.17, 15) is 0 Å². The number of hydrogen-bond donors (Lipinski definition) is 0. The Kier molecular flexibility index (Phi) is 9.62. The van der Waals surface area contributed by atoms with Gasteiger partial charge in [0.15, 0.2) is 0 Å². The molecular formula is C70H47BN2O5. The fraction of sp³-hybridized carbons (Fsp3) is 0.0714. The average molecular weight is 1010 g/mol. The summed E-state index contributed by atoms with van der Waals surface area (Å²) < 4.78 is 38.1. The summed E-state index contributed by atoms with van der Waals surface area (Å²) in [6.07, 6.45) is 3.87. The lowest BCUT2D eigenvalue weighted by atomic mass is 9.35. The lowest BCUT2D eigenvalue weighted by Crippen LogP contribution is -2.56. The molecule has 10 aromatic carbocycles. The Bertz CT molecular complexity index is 4510. The Morgan fingerprint density at radius 3 is 1.87 bits per heavy atom. The Balaban J connectivity index is 0.823. The van der Waals surface area contributed by atoms with Gasteiger partial charge in [-0.1, -0.05) is 191 Å². The summed E-state index contributed by atoms with van der Waals surface area (Å²) in [5.74, 6) is 3.86. The SMILES string of the molecule is CC(C)(C)c1cccc(C2c3ccccc3-c3ccc(Oc4cccc(-n5[c-][n+](-c6c(-c7ccccc7)cccc6-c6cc7c8c(c6)Oc6oc9ccccc9c6B8c6c(oc8ccccc68)O7)c6ccccc65)c4)cc32)c1. The number of aromatic nitrogens is 2. The van der Waals surface area contributed by atoms with Crippen molar-refractivity contribution in [3.63, 3.8) is 0 Å². The van der Waals surface area contributed by atoms with Crippen molar-refractivity contribution in [2.24, 2.45) is 0 Å². The predicted molar refractivity (Wildman–Crippen MR) is 310 cm³/mol. The maximum absolute atomic E-state index is 6.89. The maximum Gasteiger partial charge on any atom is 0.285 e. The minimum atomic E-state index is -0.257. The van der Waals surface area contributed by atoms with Crippen molar-refractivity contribution in [2.75, 3.05) is 0 Å². The van der Waals surface area contributed by atoms with E-state index in [1.54, 1.807) is 0 Å². The zero-order chi connectivity index (χ0) is 51.8. The van der Waals surface area contributed by atoms with Crippen LogP contribution in [-0.4, -0.2) is 11.3 Å². The van der Waals surface area contributed by atoms with E-state index < -0.39 is 0 Å². The first-order valence-electron chi connectivity index (χ1n) is 26.6. The van der Waals surface area contributed by atoms with E-state index in [0.717, 1.165) is 94.5 Å². The van der Waals surface area contributed by atoms with Crippen LogP contribution in [0.2, 0.25) is 0 Å². The third-order valence-corrected chi connectivity index (χ3v) is 16.1. The van der Waals surface area contributed by atoms with Crippen molar-refractivity contribution in [3.8, 4) is 79.6 Å². The number of fused-ring (bicyclic) bond motifs is 12. The molecule has 0 spiro atoms. The second kappa shape index (κ2) is 16.9. The molecule has 0 amide bonds. The number of ether oxygens (including phenoxy) is 3. The minimum Gasteiger partial charge on any atom is -0.458 e. The molecule has 1 unspecified atom stereocenters. The number of hydrogen-bond acceptors (Lipinski definition) is 5. The van der Waals surface area contributed by atoms with Gasteiger partial charge in [0, 0.05) is 33.1 Å². The number of nitrogens with zero attached hydrogens (tertiary/aromatic N) is 2. The van der Waals surface area contributed by atoms with Crippen LogP contribution in [0.25, 0.3) is 77.7 Å². The van der Waals surface area contributed by atoms with E-state index >= 15 is 0 Å². The quantitative estimate of drug-likeness (QED) is 0.0904. The summed E-state index contributed by atoms with van der Waals surface area (Å²) in [4.78, 5) is 0. The standard InChI is InChI=1S/C70H47BN2O5/c1-70(2,3)45-21-15-20-43(36-45)63-53-25-8-7-24-51(53)52-35-34-48(40-56(52)63)74-47-23-16-22-46(39-47)72-41-73(58-31-12-11-30-57(58)72)67-49(42-18-5-4-6-19-42)28-17-29-50(67)44-37-61-66-62(38-44)78-69-65(55-27-10-14-33-60(55)76-69)71(66)64-54-26-9-13-32-59(54)75-68(64)77-61/h4-40,63H,1-3H3. The summed E-state index contributed by atoms with van der Waals surface area (Å²) in [7, 11) is 0. The molecule has 370 valence electrons. The van der Waals surface area contributed by atoms with Gasteiger partial charge in [-0.2, -0.15) is 0 Å². The summed E-state index contributed by atoms with van der Waals surface area (Å²) in [5.41, 5.74) is 19.8. The van der Waals surface area contributed by atoms with Gasteiger partial charge in [0.1, 0.15) is 34.2 Å². The highest BCUT2D eigenvalue weighted by molar-refractivity contribution is 7.00. The van der Waals surface area contributed by atoms with Crippen molar-refractivity contribution >= 4 is 56.1 Å². The highest BCUT2D eigenvalue weighted by Gasteiger charge is 2.46. The normalized spacial score (nSPS) is 13.9. The molecule has 0 radical (unpaired) electrons. The van der Waals surface area contributed by atoms with Crippen LogP contribution in [-0.2, 0) is 5.41 Å². The van der Waals surface area contributed by atoms with Gasteiger partial charge in [0.05, 0.1) is 22.4 Å². The van der Waals surface area contributed by atoms with Crippen LogP contribution in [0.3, 0.4) is 0 Å². The molecule has 8 heteroatoms. The first-order valence-corrected chi connectivity index (χ1v) is 26.6. The molecule has 7 nitrogen and oxygen atoms in total. The monoisotopic (exact) mass is 1010 g/mol. The molecule has 3 aliphatic rings. The van der Waals surface area contributed by atoms with Crippen molar-refractivity contribution in [3.05, 3.63) is 253 Å². The number of benzene rings is 10. The van der Waals surface area contributed by atoms with Crippen LogP contribution < -0.4 is 35.2 Å². The molecule has 2 aliphatic heterocycles. The minimum absolute atomic E-state index is 0.0278. The second-order valence-electron chi connectivity index (χ2n) is 21.7. The van der Waals surface area contributed by atoms with Crippen molar-refractivity contribution < 1.29 is 27.6 Å². The van der Waals surface area contributed by atoms with Crippen molar-refractivity contribution in [1.82, 2.24) is 4.57 Å². The van der Waals surface area contributed by atoms with Crippen LogP contribution in [0.1, 0.15) is 48.9 Å². The Morgan fingerprint density at radius 1 is 0.500 bits per heavy atom. The Labute approximate surface area is 450 Å². The summed E-state index contributed by atoms with van der Waals surface area (Å²) >= 11 is 0. The lowest BCUT2D eigenvalue weighted by molar-refractivity contribution is -0.571. The lowest BCUT2D eigenvalue weighted by Gasteiger charge is -2.29. The van der Waals surface area contributed by atoms with Crippen LogP contribution in [0.4, 0.5) is 0 Å². The molecular weight excluding hydrogens is 960 g/mol. The van der Waals surface area contributed by atoms with Gasteiger partial charge in [0.25, 0.3) is 24.9 Å². The zero-order valence-electron chi connectivity index (χ0n) is 43.0. The molecule has 0 bridgehead atoms. The highest BCUT2D eigenvalue weighted by Crippen LogP contribution is 2.50. The van der Waals surface area contributed by atoms with E-state index in [4.69, 9.17) is 23.0 Å². The summed E-state index contributed by atoms with van der Waals surface area (Å²) in [6, 6.07) is 78.7. The Morgan fingerprint density at radius 2 is 1.12 bits per heavy atom. The predicted octanol–water partition coefficient (Wildman–Crippen LogP) is 15.5. The second-order valence-corrected chi connectivity index (χ2v) is 21.7. The van der Waals surface area contributed by atoms with E-state index in [1.807, 2.05) is 42.5 Å². The highest BCUT2D eigenvalue weighted by atomic mass is 16.6. The Hall–Kier alpha value is -9.79. The van der Waals surface area contributed by atoms with Crippen LogP contribution >= 0.6 is 0 Å². The number of rotatable bonds is 7. The van der Waals surface area contributed by atoms with Crippen LogP contribution in [0, 0.1) is 6.33 Å². The molecule has 3 aromatic heterocycles. The maximum atomic E-state index is 6.89. The van der Waals surface area contributed by atoms with Gasteiger partial charge < -0.3 is 23.0 Å². The van der Waals surface area contributed by atoms with Gasteiger partial charge in [-0.05, 0) is 116 Å². The molecule has 1 atom stereocenters. The first kappa shape index (κ1) is 44.5. The van der Waals surface area contributed by atoms with Gasteiger partial charge in [-0.25, -0.2) is 0 Å². The zero-order valence-corrected chi connectivity index (χ0v) is 43.0. The fourth-order valence-corrected chi connectivity index (χ4v) is 12.5. The van der Waals surface area contributed by atoms with Crippen LogP contribution in [0.15, 0.2) is 233 Å². The molecule has 0 saturated heterocycles. The third kappa shape index (κ3) is 6.82. The van der Waals surface area contributed by atoms with Gasteiger partial charge in [-0.3, -0.25) is 9.13 Å². The molecule has 16 rings (SSSR count). The number of imidazole rings is 1. The molecule has 5 heterocycles. The molecule has 78 heavy (non-hydrogen) atoms. The third-order valence-electron chi connectivity index (χ3n) is 16.1. The fourth-order valence-electron chi connectivity index (χ4n) is 12.5. The molecule has 0 fully saturated rings. The van der Waals surface area contributed by atoms with Gasteiger partial charge in [-0.15, -0.1) is 0 Å². The number of furan rings is 2. The smallest absolute Gasteiger partial charge is 0.285 e. The van der Waals surface area contributed by atoms with E-state index in [-0.39, 0.29) is 18.0 Å². The first-order chi connectivity index (χ1) is 38.3. The molecule has 13 aromatic rings. The van der Waals surface area contributed by atoms with Gasteiger partial charge >= 0.3 is 0 Å². The molecule has 1 aliphatic carbocycles.